The van der Waals surface area contributed by atoms with Gasteiger partial charge in [-0.3, -0.25) is 0 Å². The second-order valence-electron chi connectivity index (χ2n) is 3.63. The lowest BCUT2D eigenvalue weighted by Crippen LogP contribution is -1.91. The van der Waals surface area contributed by atoms with Crippen LogP contribution >= 0.6 is 46.4 Å². The molecule has 17 heavy (non-hydrogen) atoms. The summed E-state index contributed by atoms with van der Waals surface area (Å²) in [5, 5.41) is 2.39. The normalized spacial score (nSPS) is 10.6. The molecule has 0 fully saturated rings. The molecule has 0 heterocycles. The van der Waals surface area contributed by atoms with Gasteiger partial charge in [0.25, 0.3) is 0 Å². The third kappa shape index (κ3) is 3.08. The maximum Gasteiger partial charge on any atom is 0.0595 e. The summed E-state index contributed by atoms with van der Waals surface area (Å²) in [6, 6.07) is 11.0. The molecule has 0 bridgehead atoms. The molecule has 2 aromatic rings. The van der Waals surface area contributed by atoms with Crippen molar-refractivity contribution in [3.63, 3.8) is 0 Å². The highest BCUT2D eigenvalue weighted by Gasteiger charge is 2.07. The topological polar surface area (TPSA) is 0 Å². The van der Waals surface area contributed by atoms with Gasteiger partial charge in [0.2, 0.25) is 0 Å². The van der Waals surface area contributed by atoms with Crippen molar-refractivity contribution in [1.82, 2.24) is 0 Å². The lowest BCUT2D eigenvalue weighted by Gasteiger charge is -2.07. The highest BCUT2D eigenvalue weighted by Crippen LogP contribution is 2.29. The van der Waals surface area contributed by atoms with Crippen LogP contribution in [0, 0.1) is 0 Å². The first kappa shape index (κ1) is 13.0. The average Bonchev–Trinajstić information content (AvgIpc) is 2.28. The molecule has 0 amide bonds. The van der Waals surface area contributed by atoms with E-state index in [1.165, 1.54) is 0 Å². The molecule has 88 valence electrons. The van der Waals surface area contributed by atoms with E-state index in [1.54, 1.807) is 6.07 Å². The molecule has 0 radical (unpaired) electrons. The summed E-state index contributed by atoms with van der Waals surface area (Å²) in [7, 11) is 0. The molecule has 0 aromatic heterocycles. The first-order valence-electron chi connectivity index (χ1n) is 4.95. The third-order valence-electron chi connectivity index (χ3n) is 2.43. The van der Waals surface area contributed by atoms with Crippen molar-refractivity contribution < 1.29 is 0 Å². The van der Waals surface area contributed by atoms with Crippen LogP contribution in [0.3, 0.4) is 0 Å². The number of benzene rings is 2. The zero-order chi connectivity index (χ0) is 12.4. The highest BCUT2D eigenvalue weighted by atomic mass is 35.5. The predicted molar refractivity (Wildman–Crippen MR) is 75.7 cm³/mol. The average molecular weight is 306 g/mol. The van der Waals surface area contributed by atoms with E-state index in [0.29, 0.717) is 26.5 Å². The lowest BCUT2D eigenvalue weighted by molar-refractivity contribution is 1.19. The quantitative estimate of drug-likeness (QED) is 0.649. The molecule has 4 heteroatoms. The summed E-state index contributed by atoms with van der Waals surface area (Å²) in [6.45, 7) is 0. The van der Waals surface area contributed by atoms with E-state index < -0.39 is 0 Å². The van der Waals surface area contributed by atoms with Crippen LogP contribution < -0.4 is 0 Å². The fourth-order valence-corrected chi connectivity index (χ4v) is 2.41. The summed E-state index contributed by atoms with van der Waals surface area (Å²) >= 11 is 24.0. The van der Waals surface area contributed by atoms with Gasteiger partial charge in [0.15, 0.2) is 0 Å². The van der Waals surface area contributed by atoms with Crippen molar-refractivity contribution in [3.8, 4) is 0 Å². The number of hydrogen-bond acceptors (Lipinski definition) is 0. The van der Waals surface area contributed by atoms with Crippen LogP contribution in [-0.2, 0) is 6.42 Å². The van der Waals surface area contributed by atoms with Gasteiger partial charge < -0.3 is 0 Å². The molecular formula is C13H8Cl4. The van der Waals surface area contributed by atoms with E-state index >= 15 is 0 Å². The molecular weight excluding hydrogens is 298 g/mol. The van der Waals surface area contributed by atoms with Crippen LogP contribution in [0.2, 0.25) is 20.1 Å². The molecule has 0 saturated heterocycles. The minimum absolute atomic E-state index is 0.535. The molecule has 2 rings (SSSR count). The van der Waals surface area contributed by atoms with E-state index in [9.17, 15) is 0 Å². The highest BCUT2D eigenvalue weighted by molar-refractivity contribution is 6.42. The molecule has 0 nitrogen and oxygen atoms in total. The maximum absolute atomic E-state index is 6.11. The second kappa shape index (κ2) is 5.49. The van der Waals surface area contributed by atoms with Crippen LogP contribution in [0.15, 0.2) is 36.4 Å². The van der Waals surface area contributed by atoms with E-state index in [0.717, 1.165) is 11.1 Å². The Hall–Kier alpha value is -0.400. The summed E-state index contributed by atoms with van der Waals surface area (Å²) in [5.74, 6) is 0. The summed E-state index contributed by atoms with van der Waals surface area (Å²) in [6.07, 6.45) is 0.634. The van der Waals surface area contributed by atoms with Crippen molar-refractivity contribution in [2.75, 3.05) is 0 Å². The van der Waals surface area contributed by atoms with Crippen LogP contribution in [0.4, 0.5) is 0 Å². The first-order valence-corrected chi connectivity index (χ1v) is 6.46. The predicted octanol–water partition coefficient (Wildman–Crippen LogP) is 5.89. The van der Waals surface area contributed by atoms with Gasteiger partial charge in [-0.05, 0) is 35.4 Å². The molecule has 0 aliphatic heterocycles. The van der Waals surface area contributed by atoms with Crippen molar-refractivity contribution in [2.45, 2.75) is 6.42 Å². The Morgan fingerprint density at radius 2 is 1.35 bits per heavy atom. The molecule has 0 atom stereocenters. The Kier molecular flexibility index (Phi) is 4.22. The summed E-state index contributed by atoms with van der Waals surface area (Å²) in [4.78, 5) is 0. The number of rotatable bonds is 2. The number of hydrogen-bond donors (Lipinski definition) is 0. The monoisotopic (exact) mass is 304 g/mol. The Morgan fingerprint density at radius 1 is 0.706 bits per heavy atom. The standard InChI is InChI=1S/C13H8Cl4/c14-10-2-1-3-11(15)9(10)6-8-4-5-12(16)13(17)7-8/h1-5,7H,6H2. The lowest BCUT2D eigenvalue weighted by atomic mass is 10.1. The zero-order valence-corrected chi connectivity index (χ0v) is 11.7. The first-order chi connectivity index (χ1) is 8.08. The minimum atomic E-state index is 0.535. The smallest absolute Gasteiger partial charge is 0.0595 e. The van der Waals surface area contributed by atoms with Crippen LogP contribution in [0.25, 0.3) is 0 Å². The third-order valence-corrected chi connectivity index (χ3v) is 3.87. The van der Waals surface area contributed by atoms with Gasteiger partial charge in [-0.15, -0.1) is 0 Å². The Labute approximate surface area is 120 Å². The fourth-order valence-electron chi connectivity index (χ4n) is 1.55. The molecule has 0 aliphatic rings. The van der Waals surface area contributed by atoms with E-state index in [1.807, 2.05) is 30.3 Å². The largest absolute Gasteiger partial charge is 0.0840 e. The van der Waals surface area contributed by atoms with E-state index in [2.05, 4.69) is 0 Å². The molecule has 0 unspecified atom stereocenters. The van der Waals surface area contributed by atoms with Crippen LogP contribution in [0.5, 0.6) is 0 Å². The van der Waals surface area contributed by atoms with Gasteiger partial charge in [0, 0.05) is 16.5 Å². The van der Waals surface area contributed by atoms with E-state index in [-0.39, 0.29) is 0 Å². The summed E-state index contributed by atoms with van der Waals surface area (Å²) in [5.41, 5.74) is 1.92. The molecule has 0 spiro atoms. The van der Waals surface area contributed by atoms with Crippen LogP contribution in [0.1, 0.15) is 11.1 Å². The van der Waals surface area contributed by atoms with Crippen molar-refractivity contribution >= 4 is 46.4 Å². The fraction of sp³-hybridized carbons (Fsp3) is 0.0769. The zero-order valence-electron chi connectivity index (χ0n) is 8.68. The molecule has 0 aliphatic carbocycles. The van der Waals surface area contributed by atoms with Gasteiger partial charge in [-0.2, -0.15) is 0 Å². The van der Waals surface area contributed by atoms with Gasteiger partial charge in [0.05, 0.1) is 10.0 Å². The SMILES string of the molecule is Clc1ccc(Cc2c(Cl)cccc2Cl)cc1Cl. The van der Waals surface area contributed by atoms with Gasteiger partial charge in [0.1, 0.15) is 0 Å². The van der Waals surface area contributed by atoms with Crippen molar-refractivity contribution in [2.24, 2.45) is 0 Å². The van der Waals surface area contributed by atoms with Gasteiger partial charge in [-0.1, -0.05) is 58.5 Å². The van der Waals surface area contributed by atoms with Gasteiger partial charge in [-0.25, -0.2) is 0 Å². The number of halogens is 4. The van der Waals surface area contributed by atoms with Gasteiger partial charge >= 0.3 is 0 Å². The second-order valence-corrected chi connectivity index (χ2v) is 5.25. The Bertz CT molecular complexity index is 529. The van der Waals surface area contributed by atoms with Crippen molar-refractivity contribution in [1.29, 1.82) is 0 Å². The molecule has 0 saturated carbocycles. The maximum atomic E-state index is 6.11. The Morgan fingerprint density at radius 3 is 1.94 bits per heavy atom. The summed E-state index contributed by atoms with van der Waals surface area (Å²) < 4.78 is 0. The van der Waals surface area contributed by atoms with Crippen molar-refractivity contribution in [3.05, 3.63) is 67.6 Å². The van der Waals surface area contributed by atoms with Crippen LogP contribution in [-0.4, -0.2) is 0 Å². The van der Waals surface area contributed by atoms with E-state index in [4.69, 9.17) is 46.4 Å². The molecule has 0 N–H and O–H groups in total. The minimum Gasteiger partial charge on any atom is -0.0840 e. The Balaban J connectivity index is 2.35. The molecule has 2 aromatic carbocycles.